The van der Waals surface area contributed by atoms with Crippen LogP contribution in [0.15, 0.2) is 47.2 Å². The molecule has 4 aromatic rings. The monoisotopic (exact) mass is 480 g/mol. The Morgan fingerprint density at radius 2 is 2.09 bits per heavy atom. The summed E-state index contributed by atoms with van der Waals surface area (Å²) in [5.74, 6) is -0.483. The van der Waals surface area contributed by atoms with Gasteiger partial charge in [0.1, 0.15) is 29.1 Å². The van der Waals surface area contributed by atoms with E-state index in [0.29, 0.717) is 35.1 Å². The van der Waals surface area contributed by atoms with Gasteiger partial charge in [0.2, 0.25) is 0 Å². The summed E-state index contributed by atoms with van der Waals surface area (Å²) in [7, 11) is -3.40. The number of rotatable bonds is 4. The highest BCUT2D eigenvalue weighted by Crippen LogP contribution is 2.45. The standard InChI is InChI=1S/C24H24N4O5S/c1-24(30)9-15-7-14(24)11-27(15)23(29)19-8-20-17(10-25-19)22(26-28(20)13-34(2,31)32)18-12-33-21-6-4-3-5-16(18)21/h3-6,8,10,12,14-15,30H,7,9,11,13H2,1-2H3. The summed E-state index contributed by atoms with van der Waals surface area (Å²) in [5.41, 5.74) is 1.98. The number of amides is 1. The molecule has 6 rings (SSSR count). The van der Waals surface area contributed by atoms with Crippen LogP contribution in [-0.2, 0) is 15.7 Å². The van der Waals surface area contributed by atoms with E-state index in [4.69, 9.17) is 4.42 Å². The first-order valence-corrected chi connectivity index (χ1v) is 13.2. The number of para-hydroxylation sites is 1. The molecule has 9 nitrogen and oxygen atoms in total. The highest BCUT2D eigenvalue weighted by molar-refractivity contribution is 7.89. The van der Waals surface area contributed by atoms with Gasteiger partial charge in [-0.1, -0.05) is 18.2 Å². The van der Waals surface area contributed by atoms with Crippen LogP contribution >= 0.6 is 0 Å². The highest BCUT2D eigenvalue weighted by Gasteiger charge is 2.52. The summed E-state index contributed by atoms with van der Waals surface area (Å²) in [6.45, 7) is 2.32. The molecule has 1 N–H and O–H groups in total. The molecule has 0 radical (unpaired) electrons. The summed E-state index contributed by atoms with van der Waals surface area (Å²) in [6, 6.07) is 9.14. The van der Waals surface area contributed by atoms with Gasteiger partial charge in [-0.05, 0) is 31.9 Å². The van der Waals surface area contributed by atoms with Gasteiger partial charge in [0.15, 0.2) is 9.84 Å². The summed E-state index contributed by atoms with van der Waals surface area (Å²) < 4.78 is 31.3. The van der Waals surface area contributed by atoms with Crippen LogP contribution in [-0.4, -0.2) is 63.5 Å². The van der Waals surface area contributed by atoms with Crippen LogP contribution in [0.2, 0.25) is 0 Å². The predicted octanol–water partition coefficient (Wildman–Crippen LogP) is 2.83. The normalized spacial score (nSPS) is 24.5. The molecule has 1 saturated carbocycles. The summed E-state index contributed by atoms with van der Waals surface area (Å²) >= 11 is 0. The zero-order chi connectivity index (χ0) is 23.8. The minimum Gasteiger partial charge on any atom is -0.464 e. The molecular formula is C24H24N4O5S. The van der Waals surface area contributed by atoms with Gasteiger partial charge in [-0.15, -0.1) is 0 Å². The van der Waals surface area contributed by atoms with E-state index < -0.39 is 15.4 Å². The van der Waals surface area contributed by atoms with Crippen molar-refractivity contribution in [2.24, 2.45) is 5.92 Å². The third kappa shape index (κ3) is 3.32. The first kappa shape index (κ1) is 21.3. The molecule has 1 aliphatic carbocycles. The summed E-state index contributed by atoms with van der Waals surface area (Å²) in [5, 5.41) is 16.6. The highest BCUT2D eigenvalue weighted by atomic mass is 32.2. The number of piperidine rings is 1. The van der Waals surface area contributed by atoms with E-state index in [9.17, 15) is 18.3 Å². The van der Waals surface area contributed by atoms with Crippen LogP contribution in [0.25, 0.3) is 33.1 Å². The molecule has 34 heavy (non-hydrogen) atoms. The molecule has 3 aromatic heterocycles. The van der Waals surface area contributed by atoms with Crippen LogP contribution in [0.4, 0.5) is 0 Å². The number of likely N-dealkylation sites (tertiary alicyclic amines) is 1. The van der Waals surface area contributed by atoms with Crippen LogP contribution in [0.3, 0.4) is 0 Å². The van der Waals surface area contributed by atoms with Crippen LogP contribution < -0.4 is 0 Å². The number of carbonyl (C=O) groups is 1. The molecule has 3 unspecified atom stereocenters. The minimum absolute atomic E-state index is 0.0150. The maximum atomic E-state index is 13.3. The summed E-state index contributed by atoms with van der Waals surface area (Å²) in [6.07, 6.45) is 5.66. The van der Waals surface area contributed by atoms with Gasteiger partial charge >= 0.3 is 0 Å². The lowest BCUT2D eigenvalue weighted by Gasteiger charge is -2.35. The van der Waals surface area contributed by atoms with Gasteiger partial charge < -0.3 is 14.4 Å². The van der Waals surface area contributed by atoms with Crippen molar-refractivity contribution in [1.82, 2.24) is 19.7 Å². The van der Waals surface area contributed by atoms with E-state index in [1.54, 1.807) is 23.4 Å². The fraction of sp³-hybridized carbons (Fsp3) is 0.375. The van der Waals surface area contributed by atoms with E-state index in [2.05, 4.69) is 10.1 Å². The van der Waals surface area contributed by atoms with E-state index in [1.165, 1.54) is 4.68 Å². The fourth-order valence-electron chi connectivity index (χ4n) is 5.47. The maximum Gasteiger partial charge on any atom is 0.272 e. The van der Waals surface area contributed by atoms with Crippen molar-refractivity contribution in [2.45, 2.75) is 37.3 Å². The number of carbonyl (C=O) groups excluding carboxylic acids is 1. The van der Waals surface area contributed by atoms with Gasteiger partial charge in [-0.3, -0.25) is 9.78 Å². The van der Waals surface area contributed by atoms with Gasteiger partial charge in [-0.2, -0.15) is 5.10 Å². The minimum atomic E-state index is -3.40. The number of sulfone groups is 1. The molecule has 1 aromatic carbocycles. The van der Waals surface area contributed by atoms with Crippen molar-refractivity contribution in [2.75, 3.05) is 12.8 Å². The molecule has 2 bridgehead atoms. The first-order chi connectivity index (χ1) is 16.1. The van der Waals surface area contributed by atoms with Crippen molar-refractivity contribution in [1.29, 1.82) is 0 Å². The van der Waals surface area contributed by atoms with E-state index in [0.717, 1.165) is 23.6 Å². The predicted molar refractivity (Wildman–Crippen MR) is 126 cm³/mol. The Bertz CT molecular complexity index is 1570. The average Bonchev–Trinajstić information content (AvgIpc) is 3.52. The van der Waals surface area contributed by atoms with Crippen molar-refractivity contribution in [3.05, 3.63) is 48.5 Å². The SMILES string of the molecule is CC1(O)CC2CC1CN2C(=O)c1cc2c(cn1)c(-c1coc3ccccc13)nn2CS(C)(=O)=O. The molecule has 176 valence electrons. The molecule has 3 atom stereocenters. The van der Waals surface area contributed by atoms with Gasteiger partial charge in [0.05, 0.1) is 11.1 Å². The van der Waals surface area contributed by atoms with Gasteiger partial charge in [-0.25, -0.2) is 13.1 Å². The molecule has 1 amide bonds. The van der Waals surface area contributed by atoms with Crippen molar-refractivity contribution in [3.63, 3.8) is 0 Å². The van der Waals surface area contributed by atoms with E-state index >= 15 is 0 Å². The maximum absolute atomic E-state index is 13.3. The number of nitrogens with zero attached hydrogens (tertiary/aromatic N) is 4. The molecule has 1 saturated heterocycles. The Hall–Kier alpha value is -3.24. The second kappa shape index (κ2) is 7.13. The average molecular weight is 481 g/mol. The number of aliphatic hydroxyl groups is 1. The van der Waals surface area contributed by atoms with E-state index in [-0.39, 0.29) is 29.4 Å². The smallest absolute Gasteiger partial charge is 0.272 e. The first-order valence-electron chi connectivity index (χ1n) is 11.1. The number of fused-ring (bicyclic) bond motifs is 4. The van der Waals surface area contributed by atoms with Crippen LogP contribution in [0.5, 0.6) is 0 Å². The molecule has 10 heteroatoms. The quantitative estimate of drug-likeness (QED) is 0.477. The molecule has 0 spiro atoms. The second-order valence-electron chi connectivity index (χ2n) is 9.74. The Morgan fingerprint density at radius 3 is 2.79 bits per heavy atom. The van der Waals surface area contributed by atoms with Crippen molar-refractivity contribution in [3.8, 4) is 11.3 Å². The third-order valence-electron chi connectivity index (χ3n) is 7.15. The van der Waals surface area contributed by atoms with Crippen LogP contribution in [0.1, 0.15) is 30.3 Å². The van der Waals surface area contributed by atoms with Crippen molar-refractivity contribution < 1.29 is 22.7 Å². The molecular weight excluding hydrogens is 456 g/mol. The lowest BCUT2D eigenvalue weighted by molar-refractivity contribution is -0.0125. The fourth-order valence-corrected chi connectivity index (χ4v) is 6.11. The summed E-state index contributed by atoms with van der Waals surface area (Å²) in [4.78, 5) is 19.5. The Morgan fingerprint density at radius 1 is 1.29 bits per heavy atom. The Balaban J connectivity index is 1.45. The lowest BCUT2D eigenvalue weighted by atomic mass is 9.91. The molecule has 2 fully saturated rings. The number of furan rings is 1. The lowest BCUT2D eigenvalue weighted by Crippen LogP contribution is -2.46. The van der Waals surface area contributed by atoms with Crippen molar-refractivity contribution >= 4 is 37.6 Å². The third-order valence-corrected chi connectivity index (χ3v) is 7.87. The molecule has 2 aliphatic rings. The van der Waals surface area contributed by atoms with Crippen LogP contribution in [0, 0.1) is 5.92 Å². The number of hydrogen-bond donors (Lipinski definition) is 1. The second-order valence-corrected chi connectivity index (χ2v) is 11.9. The number of benzene rings is 1. The zero-order valence-corrected chi connectivity index (χ0v) is 19.6. The Labute approximate surface area is 195 Å². The molecule has 1 aliphatic heterocycles. The largest absolute Gasteiger partial charge is 0.464 e. The van der Waals surface area contributed by atoms with Gasteiger partial charge in [0, 0.05) is 47.3 Å². The zero-order valence-electron chi connectivity index (χ0n) is 18.8. The van der Waals surface area contributed by atoms with Gasteiger partial charge in [0.25, 0.3) is 5.91 Å². The Kier molecular flexibility index (Phi) is 4.47. The number of aromatic nitrogens is 3. The number of hydrogen-bond acceptors (Lipinski definition) is 7. The topological polar surface area (TPSA) is 119 Å². The molecule has 4 heterocycles. The number of pyridine rings is 1. The van der Waals surface area contributed by atoms with E-state index in [1.807, 2.05) is 31.2 Å².